The number of aryl methyl sites for hydroxylation is 1. The summed E-state index contributed by atoms with van der Waals surface area (Å²) in [5.41, 5.74) is 8.35. The van der Waals surface area contributed by atoms with E-state index in [4.69, 9.17) is 10.5 Å². The molecule has 4 N–H and O–H groups in total. The fourth-order valence-corrected chi connectivity index (χ4v) is 4.73. The van der Waals surface area contributed by atoms with Crippen LogP contribution in [0.3, 0.4) is 0 Å². The van der Waals surface area contributed by atoms with Crippen molar-refractivity contribution in [3.63, 3.8) is 0 Å². The van der Waals surface area contributed by atoms with Crippen molar-refractivity contribution in [3.05, 3.63) is 64.1 Å². The first kappa shape index (κ1) is 24.0. The lowest BCUT2D eigenvalue weighted by Gasteiger charge is -2.29. The van der Waals surface area contributed by atoms with Crippen LogP contribution in [-0.4, -0.2) is 62.5 Å². The van der Waals surface area contributed by atoms with Crippen molar-refractivity contribution in [2.45, 2.75) is 25.9 Å². The van der Waals surface area contributed by atoms with Gasteiger partial charge in [0.1, 0.15) is 29.4 Å². The highest BCUT2D eigenvalue weighted by atomic mass is 79.9. The first-order chi connectivity index (χ1) is 17.3. The molecule has 10 nitrogen and oxygen atoms in total. The van der Waals surface area contributed by atoms with Crippen LogP contribution in [0.5, 0.6) is 5.75 Å². The molecular formula is C25H26BrN7O3. The van der Waals surface area contributed by atoms with Crippen LogP contribution in [0.15, 0.2) is 47.2 Å². The number of ether oxygens (including phenoxy) is 1. The van der Waals surface area contributed by atoms with Crippen LogP contribution < -0.4 is 15.8 Å². The van der Waals surface area contributed by atoms with Gasteiger partial charge in [-0.1, -0.05) is 28.1 Å². The van der Waals surface area contributed by atoms with Crippen LogP contribution in [0.25, 0.3) is 16.7 Å². The highest BCUT2D eigenvalue weighted by Gasteiger charge is 2.25. The molecule has 0 saturated carbocycles. The minimum atomic E-state index is -0.801. The molecule has 0 unspecified atom stereocenters. The molecular weight excluding hydrogens is 526 g/mol. The van der Waals surface area contributed by atoms with E-state index in [1.807, 2.05) is 43.3 Å². The van der Waals surface area contributed by atoms with Crippen LogP contribution in [0.1, 0.15) is 39.4 Å². The maximum absolute atomic E-state index is 13.4. The van der Waals surface area contributed by atoms with Crippen molar-refractivity contribution in [1.82, 2.24) is 24.4 Å². The first-order valence-electron chi connectivity index (χ1n) is 11.6. The number of nitrogens with zero attached hydrogens (tertiary/aromatic N) is 4. The predicted molar refractivity (Wildman–Crippen MR) is 140 cm³/mol. The first-order valence-corrected chi connectivity index (χ1v) is 12.4. The van der Waals surface area contributed by atoms with Gasteiger partial charge in [0.25, 0.3) is 11.8 Å². The van der Waals surface area contributed by atoms with Crippen molar-refractivity contribution >= 4 is 44.7 Å². The summed E-state index contributed by atoms with van der Waals surface area (Å²) < 4.78 is 8.64. The number of para-hydroxylation sites is 1. The number of amides is 2. The number of fused-ring (bicyclic) bond motifs is 1. The maximum Gasteiger partial charge on any atom is 0.277 e. The summed E-state index contributed by atoms with van der Waals surface area (Å²) >= 11 is 3.45. The predicted octanol–water partition coefficient (Wildman–Crippen LogP) is 3.64. The third kappa shape index (κ3) is 4.71. The number of hydrogen-bond donors (Lipinski definition) is 3. The van der Waals surface area contributed by atoms with Crippen molar-refractivity contribution < 1.29 is 14.3 Å². The van der Waals surface area contributed by atoms with Gasteiger partial charge in [0, 0.05) is 17.6 Å². The zero-order valence-electron chi connectivity index (χ0n) is 19.9. The SMILES string of the molecule is Cc1ccc(Br)cc1-n1cnc(C(N)=O)c1C(=O)Nc1nc2cccc(OC3CCN(C)CC3)c2[nH]1. The molecule has 2 aromatic carbocycles. The van der Waals surface area contributed by atoms with Gasteiger partial charge in [0.05, 0.1) is 11.2 Å². The average molecular weight is 552 g/mol. The lowest BCUT2D eigenvalue weighted by Crippen LogP contribution is -2.35. The Hall–Kier alpha value is -3.70. The molecule has 36 heavy (non-hydrogen) atoms. The number of piperidine rings is 1. The van der Waals surface area contributed by atoms with Crippen LogP contribution >= 0.6 is 15.9 Å². The summed E-state index contributed by atoms with van der Waals surface area (Å²) in [4.78, 5) is 39.6. The van der Waals surface area contributed by atoms with Gasteiger partial charge in [-0.15, -0.1) is 0 Å². The molecule has 0 atom stereocenters. The number of aromatic nitrogens is 4. The third-order valence-corrected chi connectivity index (χ3v) is 6.81. The average Bonchev–Trinajstić information content (AvgIpc) is 3.47. The number of aromatic amines is 1. The summed E-state index contributed by atoms with van der Waals surface area (Å²) in [6.07, 6.45) is 3.42. The zero-order valence-corrected chi connectivity index (χ0v) is 21.5. The molecule has 3 heterocycles. The number of rotatable bonds is 6. The van der Waals surface area contributed by atoms with Crippen LogP contribution in [0.2, 0.25) is 0 Å². The second-order valence-corrected chi connectivity index (χ2v) is 9.83. The number of primary amides is 1. The molecule has 0 spiro atoms. The Kier molecular flexibility index (Phi) is 6.50. The van der Waals surface area contributed by atoms with Gasteiger partial charge < -0.3 is 20.4 Å². The molecule has 11 heteroatoms. The lowest BCUT2D eigenvalue weighted by atomic mass is 10.1. The third-order valence-electron chi connectivity index (χ3n) is 6.32. The van der Waals surface area contributed by atoms with E-state index in [-0.39, 0.29) is 23.4 Å². The van der Waals surface area contributed by atoms with E-state index in [9.17, 15) is 9.59 Å². The second-order valence-electron chi connectivity index (χ2n) is 8.92. The van der Waals surface area contributed by atoms with Gasteiger partial charge in [-0.25, -0.2) is 9.97 Å². The number of H-pyrrole nitrogens is 1. The van der Waals surface area contributed by atoms with Crippen molar-refractivity contribution in [2.75, 3.05) is 25.5 Å². The zero-order chi connectivity index (χ0) is 25.4. The number of carbonyl (C=O) groups is 2. The number of imidazole rings is 2. The van der Waals surface area contributed by atoms with E-state index in [1.165, 1.54) is 6.33 Å². The summed E-state index contributed by atoms with van der Waals surface area (Å²) in [6, 6.07) is 11.2. The largest absolute Gasteiger partial charge is 0.488 e. The number of anilines is 1. The smallest absolute Gasteiger partial charge is 0.277 e. The number of carbonyl (C=O) groups excluding carboxylic acids is 2. The quantitative estimate of drug-likeness (QED) is 0.335. The van der Waals surface area contributed by atoms with Crippen LogP contribution in [-0.2, 0) is 0 Å². The minimum Gasteiger partial charge on any atom is -0.488 e. The molecule has 1 aliphatic heterocycles. The molecule has 5 rings (SSSR count). The molecule has 1 saturated heterocycles. The van der Waals surface area contributed by atoms with Gasteiger partial charge in [0.15, 0.2) is 5.69 Å². The normalized spacial score (nSPS) is 14.8. The fraction of sp³-hybridized carbons (Fsp3) is 0.280. The fourth-order valence-electron chi connectivity index (χ4n) is 4.38. The molecule has 186 valence electrons. The molecule has 0 bridgehead atoms. The molecule has 0 aliphatic carbocycles. The van der Waals surface area contributed by atoms with Crippen LogP contribution in [0, 0.1) is 6.92 Å². The Morgan fingerprint density at radius 2 is 2.00 bits per heavy atom. The number of hydrogen-bond acceptors (Lipinski definition) is 6. The number of likely N-dealkylation sites (tertiary alicyclic amines) is 1. The minimum absolute atomic E-state index is 0.0203. The van der Waals surface area contributed by atoms with Gasteiger partial charge >= 0.3 is 0 Å². The number of nitrogens with one attached hydrogen (secondary N) is 2. The summed E-state index contributed by atoms with van der Waals surface area (Å²) in [7, 11) is 2.11. The number of halogens is 1. The standard InChI is InChI=1S/C25H26BrN7O3/c1-14-6-7-15(26)12-18(14)33-13-28-21(23(27)34)22(33)24(35)31-25-29-17-4-3-5-19(20(17)30-25)36-16-8-10-32(2)11-9-16/h3-7,12-13,16H,8-11H2,1-2H3,(H2,27,34)(H2,29,30,31,35). The molecule has 0 radical (unpaired) electrons. The topological polar surface area (TPSA) is 131 Å². The molecule has 1 aliphatic rings. The van der Waals surface area contributed by atoms with E-state index in [2.05, 4.69) is 48.1 Å². The van der Waals surface area contributed by atoms with E-state index in [1.54, 1.807) is 4.57 Å². The Labute approximate surface area is 216 Å². The van der Waals surface area contributed by atoms with E-state index < -0.39 is 11.8 Å². The van der Waals surface area contributed by atoms with E-state index >= 15 is 0 Å². The number of benzene rings is 2. The van der Waals surface area contributed by atoms with E-state index in [0.717, 1.165) is 36.0 Å². The van der Waals surface area contributed by atoms with Crippen LogP contribution in [0.4, 0.5) is 5.95 Å². The highest BCUT2D eigenvalue weighted by Crippen LogP contribution is 2.28. The highest BCUT2D eigenvalue weighted by molar-refractivity contribution is 9.10. The Balaban J connectivity index is 1.45. The maximum atomic E-state index is 13.4. The molecule has 2 amide bonds. The summed E-state index contributed by atoms with van der Waals surface area (Å²) in [5.74, 6) is -0.464. The Morgan fingerprint density at radius 3 is 2.75 bits per heavy atom. The van der Waals surface area contributed by atoms with E-state index in [0.29, 0.717) is 22.5 Å². The second kappa shape index (κ2) is 9.75. The van der Waals surface area contributed by atoms with Gasteiger partial charge in [-0.3, -0.25) is 19.5 Å². The van der Waals surface area contributed by atoms with Gasteiger partial charge in [0.2, 0.25) is 5.95 Å². The van der Waals surface area contributed by atoms with Gasteiger partial charge in [-0.2, -0.15) is 0 Å². The molecule has 1 fully saturated rings. The Morgan fingerprint density at radius 1 is 1.22 bits per heavy atom. The number of nitrogens with two attached hydrogens (primary N) is 1. The summed E-state index contributed by atoms with van der Waals surface area (Å²) in [6.45, 7) is 3.87. The van der Waals surface area contributed by atoms with Crippen molar-refractivity contribution in [2.24, 2.45) is 5.73 Å². The Bertz CT molecular complexity index is 1450. The monoisotopic (exact) mass is 551 g/mol. The van der Waals surface area contributed by atoms with Crippen molar-refractivity contribution in [3.8, 4) is 11.4 Å². The summed E-state index contributed by atoms with van der Waals surface area (Å²) in [5, 5.41) is 2.76. The van der Waals surface area contributed by atoms with Crippen molar-refractivity contribution in [1.29, 1.82) is 0 Å². The molecule has 2 aromatic heterocycles. The van der Waals surface area contributed by atoms with Gasteiger partial charge in [-0.05, 0) is 56.6 Å². The molecule has 4 aromatic rings. The lowest BCUT2D eigenvalue weighted by molar-refractivity contribution is 0.0970.